The summed E-state index contributed by atoms with van der Waals surface area (Å²) in [5.41, 5.74) is 2.84. The molecule has 0 amide bonds. The van der Waals surface area contributed by atoms with E-state index in [1.54, 1.807) is 0 Å². The van der Waals surface area contributed by atoms with Crippen LogP contribution in [-0.2, 0) is 12.8 Å². The molecule has 1 aromatic carbocycles. The first-order valence-corrected chi connectivity index (χ1v) is 4.65. The highest BCUT2D eigenvalue weighted by molar-refractivity contribution is 5.39. The molecule has 0 fully saturated rings. The van der Waals surface area contributed by atoms with Gasteiger partial charge >= 0.3 is 0 Å². The molecule has 1 heterocycles. The lowest BCUT2D eigenvalue weighted by atomic mass is 10.1. The number of benzene rings is 1. The molecule has 0 saturated carbocycles. The number of ether oxygens (including phenoxy) is 1. The summed E-state index contributed by atoms with van der Waals surface area (Å²) in [5, 5.41) is 0. The van der Waals surface area contributed by atoms with Gasteiger partial charge in [-0.3, -0.25) is 0 Å². The number of hydrogen-bond acceptors (Lipinski definition) is 1. The van der Waals surface area contributed by atoms with Crippen LogP contribution in [0.15, 0.2) is 18.2 Å². The smallest absolute Gasteiger partial charge is 0.122 e. The van der Waals surface area contributed by atoms with Crippen LogP contribution in [0.25, 0.3) is 0 Å². The first kappa shape index (κ1) is 7.66. The van der Waals surface area contributed by atoms with Gasteiger partial charge in [-0.05, 0) is 23.6 Å². The first-order chi connectivity index (χ1) is 5.90. The molecule has 0 aliphatic carbocycles. The van der Waals surface area contributed by atoms with Crippen molar-refractivity contribution in [2.45, 2.75) is 26.2 Å². The molecule has 12 heavy (non-hydrogen) atoms. The Balaban J connectivity index is 2.26. The van der Waals surface area contributed by atoms with Gasteiger partial charge in [0.25, 0.3) is 0 Å². The van der Waals surface area contributed by atoms with Crippen LogP contribution in [0.5, 0.6) is 5.75 Å². The minimum atomic E-state index is 0.866. The molecule has 0 N–H and O–H groups in total. The summed E-state index contributed by atoms with van der Waals surface area (Å²) in [7, 11) is 0. The highest BCUT2D eigenvalue weighted by Crippen LogP contribution is 2.26. The Morgan fingerprint density at radius 2 is 2.33 bits per heavy atom. The van der Waals surface area contributed by atoms with Gasteiger partial charge in [0.05, 0.1) is 6.61 Å². The van der Waals surface area contributed by atoms with E-state index in [0.29, 0.717) is 0 Å². The van der Waals surface area contributed by atoms with Gasteiger partial charge in [0.2, 0.25) is 0 Å². The molecule has 0 aromatic heterocycles. The Hall–Kier alpha value is -0.980. The fraction of sp³-hybridized carbons (Fsp3) is 0.455. The van der Waals surface area contributed by atoms with Gasteiger partial charge in [-0.15, -0.1) is 0 Å². The third-order valence-electron chi connectivity index (χ3n) is 2.29. The lowest BCUT2D eigenvalue weighted by molar-refractivity contribution is 0.357. The van der Waals surface area contributed by atoms with Gasteiger partial charge in [0, 0.05) is 6.42 Å². The maximum absolute atomic E-state index is 5.43. The van der Waals surface area contributed by atoms with Crippen molar-refractivity contribution in [3.8, 4) is 5.75 Å². The maximum Gasteiger partial charge on any atom is 0.122 e. The maximum atomic E-state index is 5.43. The highest BCUT2D eigenvalue weighted by Gasteiger charge is 2.11. The lowest BCUT2D eigenvalue weighted by Crippen LogP contribution is -1.85. The van der Waals surface area contributed by atoms with Crippen LogP contribution in [-0.4, -0.2) is 6.61 Å². The second kappa shape index (κ2) is 3.18. The molecular formula is C11H14O. The summed E-state index contributed by atoms with van der Waals surface area (Å²) in [6, 6.07) is 6.56. The molecule has 1 aromatic rings. The van der Waals surface area contributed by atoms with E-state index in [0.717, 1.165) is 18.8 Å². The molecule has 0 unspecified atom stereocenters. The van der Waals surface area contributed by atoms with Gasteiger partial charge in [-0.25, -0.2) is 0 Å². The van der Waals surface area contributed by atoms with Crippen LogP contribution < -0.4 is 4.74 Å². The van der Waals surface area contributed by atoms with Crippen LogP contribution in [0.2, 0.25) is 0 Å². The van der Waals surface area contributed by atoms with E-state index < -0.39 is 0 Å². The molecule has 64 valence electrons. The Morgan fingerprint density at radius 1 is 1.42 bits per heavy atom. The summed E-state index contributed by atoms with van der Waals surface area (Å²) >= 11 is 0. The summed E-state index contributed by atoms with van der Waals surface area (Å²) in [6.07, 6.45) is 3.50. The number of rotatable bonds is 2. The van der Waals surface area contributed by atoms with E-state index in [-0.39, 0.29) is 0 Å². The summed E-state index contributed by atoms with van der Waals surface area (Å²) < 4.78 is 5.43. The van der Waals surface area contributed by atoms with Crippen molar-refractivity contribution >= 4 is 0 Å². The third-order valence-corrected chi connectivity index (χ3v) is 2.29. The van der Waals surface area contributed by atoms with Gasteiger partial charge in [-0.2, -0.15) is 0 Å². The largest absolute Gasteiger partial charge is 0.493 e. The molecule has 2 rings (SSSR count). The van der Waals surface area contributed by atoms with E-state index in [2.05, 4.69) is 25.1 Å². The molecule has 0 spiro atoms. The van der Waals surface area contributed by atoms with Crippen LogP contribution in [0.4, 0.5) is 0 Å². The quantitative estimate of drug-likeness (QED) is 0.649. The minimum Gasteiger partial charge on any atom is -0.493 e. The Kier molecular flexibility index (Phi) is 2.03. The third kappa shape index (κ3) is 1.31. The van der Waals surface area contributed by atoms with E-state index in [1.165, 1.54) is 24.0 Å². The zero-order valence-corrected chi connectivity index (χ0v) is 7.47. The second-order valence-corrected chi connectivity index (χ2v) is 3.29. The van der Waals surface area contributed by atoms with E-state index in [1.807, 2.05) is 0 Å². The molecule has 1 nitrogen and oxygen atoms in total. The average Bonchev–Trinajstić information content (AvgIpc) is 2.51. The summed E-state index contributed by atoms with van der Waals surface area (Å²) in [5.74, 6) is 1.09. The lowest BCUT2D eigenvalue weighted by Gasteiger charge is -2.01. The molecule has 0 atom stereocenters. The zero-order valence-electron chi connectivity index (χ0n) is 7.47. The fourth-order valence-corrected chi connectivity index (χ4v) is 1.68. The van der Waals surface area contributed by atoms with Crippen molar-refractivity contribution in [3.05, 3.63) is 29.3 Å². The van der Waals surface area contributed by atoms with Crippen molar-refractivity contribution in [3.63, 3.8) is 0 Å². The van der Waals surface area contributed by atoms with Crippen molar-refractivity contribution in [2.24, 2.45) is 0 Å². The van der Waals surface area contributed by atoms with Gasteiger partial charge < -0.3 is 4.74 Å². The Labute approximate surface area is 73.4 Å². The van der Waals surface area contributed by atoms with Crippen LogP contribution >= 0.6 is 0 Å². The Bertz CT molecular complexity index is 278. The summed E-state index contributed by atoms with van der Waals surface area (Å²) in [4.78, 5) is 0. The molecule has 0 saturated heterocycles. The van der Waals surface area contributed by atoms with Gasteiger partial charge in [0.15, 0.2) is 0 Å². The minimum absolute atomic E-state index is 0.866. The molecule has 0 radical (unpaired) electrons. The molecule has 1 aliphatic rings. The van der Waals surface area contributed by atoms with Crippen molar-refractivity contribution in [1.29, 1.82) is 0 Å². The normalized spacial score (nSPS) is 14.1. The molecule has 1 heteroatoms. The molecule has 0 bridgehead atoms. The van der Waals surface area contributed by atoms with Crippen LogP contribution in [0.1, 0.15) is 24.5 Å². The van der Waals surface area contributed by atoms with Crippen LogP contribution in [0.3, 0.4) is 0 Å². The Morgan fingerprint density at radius 3 is 3.17 bits per heavy atom. The van der Waals surface area contributed by atoms with Crippen molar-refractivity contribution < 1.29 is 4.74 Å². The SMILES string of the molecule is CCCc1ccc2c(c1)CCO2. The first-order valence-electron chi connectivity index (χ1n) is 4.65. The predicted octanol–water partition coefficient (Wildman–Crippen LogP) is 2.57. The van der Waals surface area contributed by atoms with Crippen molar-refractivity contribution in [2.75, 3.05) is 6.61 Å². The number of aryl methyl sites for hydroxylation is 1. The van der Waals surface area contributed by atoms with Gasteiger partial charge in [0.1, 0.15) is 5.75 Å². The number of fused-ring (bicyclic) bond motifs is 1. The van der Waals surface area contributed by atoms with E-state index in [9.17, 15) is 0 Å². The predicted molar refractivity (Wildman–Crippen MR) is 49.6 cm³/mol. The van der Waals surface area contributed by atoms with Crippen LogP contribution in [0, 0.1) is 0 Å². The second-order valence-electron chi connectivity index (χ2n) is 3.29. The number of hydrogen-bond donors (Lipinski definition) is 0. The van der Waals surface area contributed by atoms with E-state index >= 15 is 0 Å². The van der Waals surface area contributed by atoms with Gasteiger partial charge in [-0.1, -0.05) is 25.5 Å². The highest BCUT2D eigenvalue weighted by atomic mass is 16.5. The monoisotopic (exact) mass is 162 g/mol. The standard InChI is InChI=1S/C11H14O/c1-2-3-9-4-5-11-10(8-9)6-7-12-11/h4-5,8H,2-3,6-7H2,1H3. The topological polar surface area (TPSA) is 9.23 Å². The van der Waals surface area contributed by atoms with E-state index in [4.69, 9.17) is 4.74 Å². The fourth-order valence-electron chi connectivity index (χ4n) is 1.68. The summed E-state index contributed by atoms with van der Waals surface area (Å²) in [6.45, 7) is 3.08. The molecule has 1 aliphatic heterocycles. The zero-order chi connectivity index (χ0) is 8.39. The van der Waals surface area contributed by atoms with Crippen molar-refractivity contribution in [1.82, 2.24) is 0 Å². The average molecular weight is 162 g/mol. The molecular weight excluding hydrogens is 148 g/mol.